The van der Waals surface area contributed by atoms with Gasteiger partial charge < -0.3 is 9.64 Å². The Morgan fingerprint density at radius 2 is 1.65 bits per heavy atom. The first-order chi connectivity index (χ1) is 8.28. The minimum atomic E-state index is 0.308. The van der Waals surface area contributed by atoms with Crippen molar-refractivity contribution in [1.29, 1.82) is 0 Å². The number of hydrogen-bond acceptors (Lipinski definition) is 3. The maximum absolute atomic E-state index is 5.35. The fourth-order valence-electron chi connectivity index (χ4n) is 2.72. The molecule has 92 valence electrons. The van der Waals surface area contributed by atoms with Crippen molar-refractivity contribution < 1.29 is 4.74 Å². The zero-order chi connectivity index (χ0) is 11.7. The third kappa shape index (κ3) is 2.05. The lowest BCUT2D eigenvalue weighted by atomic mass is 9.97. The molecule has 0 N–H and O–H groups in total. The number of rotatable bonds is 2. The third-order valence-electron chi connectivity index (χ3n) is 3.99. The summed E-state index contributed by atoms with van der Waals surface area (Å²) in [5.41, 5.74) is 1.66. The Bertz CT molecular complexity index is 367. The summed E-state index contributed by atoms with van der Waals surface area (Å²) in [6, 6.07) is 10.7. The highest BCUT2D eigenvalue weighted by atomic mass is 16.5. The van der Waals surface area contributed by atoms with Crippen molar-refractivity contribution in [1.82, 2.24) is 4.90 Å². The van der Waals surface area contributed by atoms with Crippen LogP contribution in [0.5, 0.6) is 0 Å². The van der Waals surface area contributed by atoms with Crippen molar-refractivity contribution in [3.63, 3.8) is 0 Å². The van der Waals surface area contributed by atoms with Gasteiger partial charge in [0.05, 0.1) is 18.8 Å². The summed E-state index contributed by atoms with van der Waals surface area (Å²) in [4.78, 5) is 5.05. The molecule has 2 heterocycles. The molecule has 3 nitrogen and oxygen atoms in total. The molecule has 0 saturated carbocycles. The normalized spacial score (nSPS) is 24.4. The maximum atomic E-state index is 5.35. The fourth-order valence-corrected chi connectivity index (χ4v) is 2.72. The Morgan fingerprint density at radius 1 is 1.00 bits per heavy atom. The highest BCUT2D eigenvalue weighted by Crippen LogP contribution is 2.26. The van der Waals surface area contributed by atoms with E-state index in [1.54, 1.807) is 0 Å². The van der Waals surface area contributed by atoms with Crippen molar-refractivity contribution in [3.05, 3.63) is 30.3 Å². The van der Waals surface area contributed by atoms with Crippen LogP contribution in [0.3, 0.4) is 0 Å². The molecule has 0 spiro atoms. The van der Waals surface area contributed by atoms with Gasteiger partial charge in [-0.3, -0.25) is 4.90 Å². The average molecular weight is 232 g/mol. The van der Waals surface area contributed by atoms with Gasteiger partial charge in [0.2, 0.25) is 0 Å². The molecule has 2 fully saturated rings. The molecule has 3 rings (SSSR count). The third-order valence-corrected chi connectivity index (χ3v) is 3.99. The van der Waals surface area contributed by atoms with Crippen LogP contribution in [0.1, 0.15) is 6.92 Å². The maximum Gasteiger partial charge on any atom is 0.0671 e. The number of benzene rings is 1. The molecule has 2 saturated heterocycles. The van der Waals surface area contributed by atoms with Gasteiger partial charge in [0, 0.05) is 31.9 Å². The lowest BCUT2D eigenvalue weighted by Gasteiger charge is -2.50. The Labute approximate surface area is 103 Å². The Kier molecular flexibility index (Phi) is 2.81. The van der Waals surface area contributed by atoms with E-state index in [2.05, 4.69) is 47.1 Å². The van der Waals surface area contributed by atoms with Crippen molar-refractivity contribution in [3.8, 4) is 0 Å². The molecular weight excluding hydrogens is 212 g/mol. The summed E-state index contributed by atoms with van der Waals surface area (Å²) in [6.07, 6.45) is 0. The molecule has 0 bridgehead atoms. The van der Waals surface area contributed by atoms with E-state index < -0.39 is 0 Å². The van der Waals surface area contributed by atoms with E-state index in [0.29, 0.717) is 5.54 Å². The predicted octanol–water partition coefficient (Wildman–Crippen LogP) is 1.60. The molecule has 0 aromatic heterocycles. The summed E-state index contributed by atoms with van der Waals surface area (Å²) in [5, 5.41) is 0. The van der Waals surface area contributed by atoms with Crippen LogP contribution in [0.2, 0.25) is 0 Å². The summed E-state index contributed by atoms with van der Waals surface area (Å²) < 4.78 is 5.35. The van der Waals surface area contributed by atoms with Gasteiger partial charge in [-0.25, -0.2) is 0 Å². The first-order valence-electron chi connectivity index (χ1n) is 6.41. The average Bonchev–Trinajstić information content (AvgIpc) is 2.37. The lowest BCUT2D eigenvalue weighted by molar-refractivity contribution is -0.131. The zero-order valence-corrected chi connectivity index (χ0v) is 10.4. The minimum absolute atomic E-state index is 0.308. The summed E-state index contributed by atoms with van der Waals surface area (Å²) >= 11 is 0. The highest BCUT2D eigenvalue weighted by Gasteiger charge is 2.40. The molecular formula is C14H20N2O. The Hall–Kier alpha value is -1.06. The molecule has 2 aliphatic heterocycles. The molecule has 1 aromatic carbocycles. The van der Waals surface area contributed by atoms with Crippen LogP contribution in [-0.2, 0) is 4.74 Å². The van der Waals surface area contributed by atoms with Gasteiger partial charge in [-0.2, -0.15) is 0 Å². The monoisotopic (exact) mass is 232 g/mol. The summed E-state index contributed by atoms with van der Waals surface area (Å²) in [5.74, 6) is 0. The van der Waals surface area contributed by atoms with Crippen LogP contribution in [0, 0.1) is 0 Å². The topological polar surface area (TPSA) is 15.7 Å². The summed E-state index contributed by atoms with van der Waals surface area (Å²) in [6.45, 7) is 8.66. The Balaban J connectivity index is 1.61. The molecule has 3 heteroatoms. The van der Waals surface area contributed by atoms with E-state index in [4.69, 9.17) is 4.74 Å². The second kappa shape index (κ2) is 4.31. The number of nitrogens with zero attached hydrogens (tertiary/aromatic N) is 2. The molecule has 0 radical (unpaired) electrons. The van der Waals surface area contributed by atoms with Crippen LogP contribution in [0.15, 0.2) is 30.3 Å². The fraction of sp³-hybridized carbons (Fsp3) is 0.571. The number of ether oxygens (including phenoxy) is 1. The second-order valence-corrected chi connectivity index (χ2v) is 5.30. The quantitative estimate of drug-likeness (QED) is 0.770. The predicted molar refractivity (Wildman–Crippen MR) is 69.5 cm³/mol. The molecule has 1 aromatic rings. The van der Waals surface area contributed by atoms with Crippen molar-refractivity contribution in [2.45, 2.75) is 12.5 Å². The Morgan fingerprint density at radius 3 is 2.18 bits per heavy atom. The van der Waals surface area contributed by atoms with E-state index >= 15 is 0 Å². The van der Waals surface area contributed by atoms with E-state index in [0.717, 1.165) is 39.4 Å². The number of anilines is 1. The van der Waals surface area contributed by atoms with E-state index in [1.165, 1.54) is 5.69 Å². The molecule has 0 atom stereocenters. The first-order valence-corrected chi connectivity index (χ1v) is 6.41. The van der Waals surface area contributed by atoms with Gasteiger partial charge in [0.15, 0.2) is 0 Å². The van der Waals surface area contributed by atoms with Crippen molar-refractivity contribution in [2.75, 3.05) is 44.3 Å². The number of piperazine rings is 1. The summed E-state index contributed by atoms with van der Waals surface area (Å²) in [7, 11) is 0. The van der Waals surface area contributed by atoms with Crippen LogP contribution >= 0.6 is 0 Å². The number of hydrogen-bond donors (Lipinski definition) is 0. The van der Waals surface area contributed by atoms with Gasteiger partial charge in [-0.15, -0.1) is 0 Å². The SMILES string of the molecule is CC1(N2CCN(c3ccccc3)CC2)COC1. The van der Waals surface area contributed by atoms with Crippen LogP contribution < -0.4 is 4.90 Å². The lowest BCUT2D eigenvalue weighted by Crippen LogP contribution is -2.64. The molecule has 0 aliphatic carbocycles. The van der Waals surface area contributed by atoms with E-state index in [-0.39, 0.29) is 0 Å². The van der Waals surface area contributed by atoms with Crippen molar-refractivity contribution in [2.24, 2.45) is 0 Å². The molecule has 2 aliphatic rings. The van der Waals surface area contributed by atoms with Crippen LogP contribution in [0.25, 0.3) is 0 Å². The van der Waals surface area contributed by atoms with Gasteiger partial charge in [-0.1, -0.05) is 18.2 Å². The number of para-hydroxylation sites is 1. The van der Waals surface area contributed by atoms with Crippen LogP contribution in [0.4, 0.5) is 5.69 Å². The first kappa shape index (κ1) is 11.1. The largest absolute Gasteiger partial charge is 0.377 e. The minimum Gasteiger partial charge on any atom is -0.377 e. The molecule has 17 heavy (non-hydrogen) atoms. The van der Waals surface area contributed by atoms with Gasteiger partial charge in [0.25, 0.3) is 0 Å². The standard InChI is InChI=1S/C14H20N2O/c1-14(11-17-12-14)16-9-7-15(8-10-16)13-5-3-2-4-6-13/h2-6H,7-12H2,1H3. The zero-order valence-electron chi connectivity index (χ0n) is 10.4. The van der Waals surface area contributed by atoms with Gasteiger partial charge in [0.1, 0.15) is 0 Å². The highest BCUT2D eigenvalue weighted by molar-refractivity contribution is 5.46. The second-order valence-electron chi connectivity index (χ2n) is 5.30. The van der Waals surface area contributed by atoms with Crippen LogP contribution in [-0.4, -0.2) is 49.8 Å². The smallest absolute Gasteiger partial charge is 0.0671 e. The van der Waals surface area contributed by atoms with E-state index in [9.17, 15) is 0 Å². The van der Waals surface area contributed by atoms with Gasteiger partial charge in [-0.05, 0) is 19.1 Å². The van der Waals surface area contributed by atoms with Gasteiger partial charge >= 0.3 is 0 Å². The molecule has 0 amide bonds. The van der Waals surface area contributed by atoms with E-state index in [1.807, 2.05) is 0 Å². The molecule has 0 unspecified atom stereocenters. The van der Waals surface area contributed by atoms with Crippen molar-refractivity contribution >= 4 is 5.69 Å².